The largest absolute Gasteiger partial charge is 0.458 e. The number of oxazole rings is 1. The quantitative estimate of drug-likeness (QED) is 0.549. The van der Waals surface area contributed by atoms with E-state index < -0.39 is 29.6 Å². The highest BCUT2D eigenvalue weighted by Gasteiger charge is 2.42. The summed E-state index contributed by atoms with van der Waals surface area (Å²) in [7, 11) is 0. The molecule has 1 atom stereocenters. The molecule has 1 fully saturated rings. The van der Waals surface area contributed by atoms with Crippen molar-refractivity contribution in [3.63, 3.8) is 0 Å². The number of carbonyl (C=O) groups excluding carboxylic acids is 2. The number of hydrogen-bond acceptors (Lipinski definition) is 8. The number of aromatic nitrogens is 3. The predicted octanol–water partition coefficient (Wildman–Crippen LogP) is 4.01. The average Bonchev–Trinajstić information content (AvgIpc) is 3.49. The van der Waals surface area contributed by atoms with Crippen molar-refractivity contribution in [2.24, 2.45) is 0 Å². The molecule has 35 heavy (non-hydrogen) atoms. The molecule has 4 rings (SSSR count). The lowest BCUT2D eigenvalue weighted by atomic mass is 10.2. The van der Waals surface area contributed by atoms with E-state index in [2.05, 4.69) is 20.3 Å². The van der Waals surface area contributed by atoms with Crippen LogP contribution in [0.5, 0.6) is 6.01 Å². The van der Waals surface area contributed by atoms with Crippen LogP contribution in [0.4, 0.5) is 23.7 Å². The topological polar surface area (TPSA) is 120 Å². The number of rotatable bonds is 6. The number of nitrogens with one attached hydrogen (secondary N) is 1. The first-order chi connectivity index (χ1) is 16.7. The summed E-state index contributed by atoms with van der Waals surface area (Å²) in [5, 5.41) is 2.28. The molecule has 0 saturated carbocycles. The molecule has 184 valence electrons. The van der Waals surface area contributed by atoms with E-state index in [1.54, 1.807) is 25.1 Å². The van der Waals surface area contributed by atoms with E-state index >= 15 is 0 Å². The van der Waals surface area contributed by atoms with Gasteiger partial charge < -0.3 is 24.1 Å². The summed E-state index contributed by atoms with van der Waals surface area (Å²) < 4.78 is 55.8. The molecular formula is C22H20F3N5O5. The molecule has 2 amide bonds. The molecule has 0 bridgehead atoms. The Bertz CT molecular complexity index is 1180. The van der Waals surface area contributed by atoms with Crippen molar-refractivity contribution in [2.45, 2.75) is 25.6 Å². The van der Waals surface area contributed by atoms with E-state index in [0.29, 0.717) is 19.5 Å². The molecular weight excluding hydrogens is 471 g/mol. The van der Waals surface area contributed by atoms with Crippen molar-refractivity contribution in [3.8, 4) is 17.5 Å². The lowest BCUT2D eigenvalue weighted by Crippen LogP contribution is -2.31. The Morgan fingerprint density at radius 1 is 1.20 bits per heavy atom. The minimum absolute atomic E-state index is 0.0116. The number of likely N-dealkylation sites (tertiary alicyclic amines) is 1. The highest BCUT2D eigenvalue weighted by Crippen LogP contribution is 2.35. The number of benzene rings is 1. The van der Waals surface area contributed by atoms with Crippen molar-refractivity contribution in [3.05, 3.63) is 54.2 Å². The molecule has 0 unspecified atom stereocenters. The summed E-state index contributed by atoms with van der Waals surface area (Å²) in [4.78, 5) is 37.5. The number of nitrogens with zero attached hydrogens (tertiary/aromatic N) is 4. The maximum atomic E-state index is 13.5. The molecule has 1 aliphatic heterocycles. The van der Waals surface area contributed by atoms with Crippen LogP contribution < -0.4 is 10.1 Å². The smallest absolute Gasteiger partial charge is 0.452 e. The number of amides is 2. The monoisotopic (exact) mass is 491 g/mol. The third-order valence-corrected chi connectivity index (χ3v) is 4.95. The Morgan fingerprint density at radius 3 is 2.57 bits per heavy atom. The fourth-order valence-corrected chi connectivity index (χ4v) is 3.36. The fourth-order valence-electron chi connectivity index (χ4n) is 3.36. The van der Waals surface area contributed by atoms with Crippen LogP contribution in [0.3, 0.4) is 0 Å². The summed E-state index contributed by atoms with van der Waals surface area (Å²) in [5.74, 6) is -2.99. The van der Waals surface area contributed by atoms with Gasteiger partial charge in [-0.05, 0) is 19.1 Å². The fraction of sp³-hybridized carbons (Fsp3) is 0.318. The molecule has 1 aliphatic rings. The van der Waals surface area contributed by atoms with Crippen LogP contribution in [0.15, 0.2) is 47.1 Å². The second-order valence-corrected chi connectivity index (χ2v) is 7.44. The molecule has 13 heteroatoms. The Labute approximate surface area is 197 Å². The standard InChI is InChI=1S/C22H20F3N5O5/c1-2-33-21(32)30-9-8-15(12-30)34-20-26-10-14(11-27-20)28-18(31)16-17(22(23,24)25)35-19(29-16)13-6-4-3-5-7-13/h3-7,10-11,15H,2,8-9,12H2,1H3,(H,28,31)/t15-/m0/s1. The highest BCUT2D eigenvalue weighted by atomic mass is 19.4. The van der Waals surface area contributed by atoms with Gasteiger partial charge in [0.15, 0.2) is 5.69 Å². The van der Waals surface area contributed by atoms with Crippen LogP contribution in [0.1, 0.15) is 29.6 Å². The summed E-state index contributed by atoms with van der Waals surface area (Å²) >= 11 is 0. The molecule has 2 aromatic heterocycles. The normalized spacial score (nSPS) is 15.7. The molecule has 0 radical (unpaired) electrons. The number of halogens is 3. The van der Waals surface area contributed by atoms with Crippen LogP contribution in [-0.4, -0.2) is 57.7 Å². The lowest BCUT2D eigenvalue weighted by Gasteiger charge is -2.15. The van der Waals surface area contributed by atoms with Crippen molar-refractivity contribution in [1.82, 2.24) is 19.9 Å². The second kappa shape index (κ2) is 9.99. The van der Waals surface area contributed by atoms with Gasteiger partial charge in [-0.3, -0.25) is 4.79 Å². The van der Waals surface area contributed by atoms with Crippen LogP contribution in [-0.2, 0) is 10.9 Å². The summed E-state index contributed by atoms with van der Waals surface area (Å²) in [6.45, 7) is 2.74. The van der Waals surface area contributed by atoms with Crippen molar-refractivity contribution >= 4 is 17.7 Å². The SMILES string of the molecule is CCOC(=O)N1CC[C@H](Oc2ncc(NC(=O)c3nc(-c4ccccc4)oc3C(F)(F)F)cn2)C1. The first-order valence-corrected chi connectivity index (χ1v) is 10.6. The van der Waals surface area contributed by atoms with Gasteiger partial charge in [-0.15, -0.1) is 0 Å². The Hall–Kier alpha value is -4.16. The Morgan fingerprint density at radius 2 is 1.91 bits per heavy atom. The molecule has 3 aromatic rings. The van der Waals surface area contributed by atoms with Crippen molar-refractivity contribution in [1.29, 1.82) is 0 Å². The van der Waals surface area contributed by atoms with Gasteiger partial charge in [0.2, 0.25) is 11.7 Å². The van der Waals surface area contributed by atoms with Crippen LogP contribution in [0.2, 0.25) is 0 Å². The number of anilines is 1. The van der Waals surface area contributed by atoms with E-state index in [9.17, 15) is 22.8 Å². The minimum Gasteiger partial charge on any atom is -0.458 e. The first kappa shape index (κ1) is 24.0. The van der Waals surface area contributed by atoms with E-state index in [1.807, 2.05) is 0 Å². The van der Waals surface area contributed by atoms with Crippen LogP contribution >= 0.6 is 0 Å². The van der Waals surface area contributed by atoms with E-state index in [1.165, 1.54) is 29.4 Å². The van der Waals surface area contributed by atoms with Crippen LogP contribution in [0.25, 0.3) is 11.5 Å². The van der Waals surface area contributed by atoms with Gasteiger partial charge in [0.05, 0.1) is 31.2 Å². The van der Waals surface area contributed by atoms with Crippen molar-refractivity contribution < 1.29 is 36.7 Å². The van der Waals surface area contributed by atoms with Gasteiger partial charge in [-0.25, -0.2) is 19.7 Å². The molecule has 0 spiro atoms. The third-order valence-electron chi connectivity index (χ3n) is 4.95. The Kier molecular flexibility index (Phi) is 6.85. The lowest BCUT2D eigenvalue weighted by molar-refractivity contribution is -0.153. The highest BCUT2D eigenvalue weighted by molar-refractivity contribution is 6.03. The summed E-state index contributed by atoms with van der Waals surface area (Å²) in [5.41, 5.74) is -0.601. The molecule has 10 nitrogen and oxygen atoms in total. The molecule has 1 aromatic carbocycles. The maximum Gasteiger partial charge on any atom is 0.452 e. The number of ether oxygens (including phenoxy) is 2. The van der Waals surface area contributed by atoms with Gasteiger partial charge in [0, 0.05) is 18.5 Å². The van der Waals surface area contributed by atoms with Gasteiger partial charge in [-0.2, -0.15) is 13.2 Å². The number of hydrogen-bond donors (Lipinski definition) is 1. The van der Waals surface area contributed by atoms with Gasteiger partial charge in [0.1, 0.15) is 6.10 Å². The molecule has 1 saturated heterocycles. The second-order valence-electron chi connectivity index (χ2n) is 7.44. The minimum atomic E-state index is -4.93. The van der Waals surface area contributed by atoms with E-state index in [0.717, 1.165) is 0 Å². The van der Waals surface area contributed by atoms with E-state index in [4.69, 9.17) is 13.9 Å². The van der Waals surface area contributed by atoms with Gasteiger partial charge >= 0.3 is 18.3 Å². The van der Waals surface area contributed by atoms with Crippen molar-refractivity contribution in [2.75, 3.05) is 25.0 Å². The average molecular weight is 491 g/mol. The maximum absolute atomic E-state index is 13.5. The number of carbonyl (C=O) groups is 2. The third kappa shape index (κ3) is 5.67. The summed E-state index contributed by atoms with van der Waals surface area (Å²) in [6, 6.07) is 7.90. The van der Waals surface area contributed by atoms with Crippen LogP contribution in [0, 0.1) is 0 Å². The summed E-state index contributed by atoms with van der Waals surface area (Å²) in [6.07, 6.45) is -2.79. The number of alkyl halides is 3. The molecule has 3 heterocycles. The van der Waals surface area contributed by atoms with Gasteiger partial charge in [0.25, 0.3) is 5.91 Å². The predicted molar refractivity (Wildman–Crippen MR) is 115 cm³/mol. The van der Waals surface area contributed by atoms with E-state index in [-0.39, 0.29) is 35.9 Å². The van der Waals surface area contributed by atoms with Gasteiger partial charge in [-0.1, -0.05) is 18.2 Å². The zero-order valence-electron chi connectivity index (χ0n) is 18.4. The Balaban J connectivity index is 1.42. The zero-order chi connectivity index (χ0) is 25.0. The molecule has 0 aliphatic carbocycles. The zero-order valence-corrected chi connectivity index (χ0v) is 18.4. The molecule has 1 N–H and O–H groups in total. The first-order valence-electron chi connectivity index (χ1n) is 10.6.